The summed E-state index contributed by atoms with van der Waals surface area (Å²) in [4.78, 5) is 13.8. The van der Waals surface area contributed by atoms with Crippen molar-refractivity contribution in [2.45, 2.75) is 30.1 Å². The van der Waals surface area contributed by atoms with E-state index >= 15 is 0 Å². The van der Waals surface area contributed by atoms with Crippen LogP contribution in [0.5, 0.6) is 5.75 Å². The molecule has 0 saturated carbocycles. The van der Waals surface area contributed by atoms with E-state index in [-0.39, 0.29) is 5.75 Å². The van der Waals surface area contributed by atoms with Gasteiger partial charge in [0.15, 0.2) is 0 Å². The Bertz CT molecular complexity index is 1380. The maximum Gasteiger partial charge on any atom is 0.312 e. The standard InChI is InChI=1S/C29H26O4S/c1-18-15-21-16-22(30)10-14-26(21)29(18,17-19-7-11-23(12-8-19)34(2)33)27(28(31)32)25-13-9-20-5-3-4-6-24(20)25/h3-8,10-16,27,30H,9,17H2,1-2H3,(H,31,32). The number of aliphatic carboxylic acids is 1. The maximum atomic E-state index is 13.1. The lowest BCUT2D eigenvalue weighted by molar-refractivity contribution is -0.141. The van der Waals surface area contributed by atoms with Crippen LogP contribution in [0.2, 0.25) is 0 Å². The summed E-state index contributed by atoms with van der Waals surface area (Å²) in [5.41, 5.74) is 5.82. The third kappa shape index (κ3) is 3.51. The van der Waals surface area contributed by atoms with Crippen molar-refractivity contribution >= 4 is 28.4 Å². The minimum absolute atomic E-state index is 0.158. The number of carbonyl (C=O) groups is 1. The molecule has 0 amide bonds. The van der Waals surface area contributed by atoms with E-state index < -0.39 is 28.1 Å². The molecular formula is C29H26O4S. The Kier molecular flexibility index (Phi) is 5.53. The average molecular weight is 471 g/mol. The number of fused-ring (bicyclic) bond motifs is 2. The quantitative estimate of drug-likeness (QED) is 0.508. The van der Waals surface area contributed by atoms with Crippen molar-refractivity contribution in [1.82, 2.24) is 0 Å². The molecule has 5 rings (SSSR count). The van der Waals surface area contributed by atoms with Crippen LogP contribution in [0.3, 0.4) is 0 Å². The van der Waals surface area contributed by atoms with Gasteiger partial charge < -0.3 is 10.2 Å². The zero-order valence-corrected chi connectivity index (χ0v) is 19.9. The second-order valence-corrected chi connectivity index (χ2v) is 10.5. The number of aromatic hydroxyl groups is 1. The second-order valence-electron chi connectivity index (χ2n) is 9.14. The molecule has 0 radical (unpaired) electrons. The van der Waals surface area contributed by atoms with Crippen LogP contribution in [0, 0.1) is 5.92 Å². The Morgan fingerprint density at radius 1 is 1.09 bits per heavy atom. The lowest BCUT2D eigenvalue weighted by Gasteiger charge is -2.39. The van der Waals surface area contributed by atoms with E-state index in [0.29, 0.717) is 12.8 Å². The molecule has 0 bridgehead atoms. The summed E-state index contributed by atoms with van der Waals surface area (Å²) in [7, 11) is -1.08. The number of phenols is 1. The van der Waals surface area contributed by atoms with E-state index in [1.54, 1.807) is 18.4 Å². The van der Waals surface area contributed by atoms with E-state index in [1.807, 2.05) is 61.5 Å². The summed E-state index contributed by atoms with van der Waals surface area (Å²) in [6, 6.07) is 20.8. The Labute approximate surface area is 201 Å². The Morgan fingerprint density at radius 2 is 1.82 bits per heavy atom. The molecule has 5 heteroatoms. The van der Waals surface area contributed by atoms with Gasteiger partial charge in [0.05, 0.1) is 5.92 Å². The summed E-state index contributed by atoms with van der Waals surface area (Å²) in [5.74, 6) is -1.52. The van der Waals surface area contributed by atoms with Gasteiger partial charge in [-0.2, -0.15) is 0 Å². The number of hydrogen-bond acceptors (Lipinski definition) is 3. The lowest BCUT2D eigenvalue weighted by Crippen LogP contribution is -2.42. The first-order valence-corrected chi connectivity index (χ1v) is 12.8. The maximum absolute atomic E-state index is 13.1. The molecule has 4 nitrogen and oxygen atoms in total. The summed E-state index contributed by atoms with van der Waals surface area (Å²) in [6.07, 6.45) is 6.89. The third-order valence-electron chi connectivity index (χ3n) is 7.25. The Hall–Kier alpha value is -3.44. The molecule has 3 aromatic rings. The predicted molar refractivity (Wildman–Crippen MR) is 135 cm³/mol. The van der Waals surface area contributed by atoms with Gasteiger partial charge in [-0.15, -0.1) is 0 Å². The Morgan fingerprint density at radius 3 is 2.53 bits per heavy atom. The number of hydrogen-bond donors (Lipinski definition) is 2. The van der Waals surface area contributed by atoms with Gasteiger partial charge in [-0.3, -0.25) is 9.00 Å². The van der Waals surface area contributed by atoms with E-state index in [2.05, 4.69) is 12.1 Å². The highest BCUT2D eigenvalue weighted by Gasteiger charge is 2.51. The number of phenolic OH excluding ortho intramolecular Hbond substituents is 1. The summed E-state index contributed by atoms with van der Waals surface area (Å²) >= 11 is 0. The predicted octanol–water partition coefficient (Wildman–Crippen LogP) is 5.37. The molecule has 0 saturated heterocycles. The number of allylic oxidation sites excluding steroid dienone is 2. The van der Waals surface area contributed by atoms with Gasteiger partial charge in [0.1, 0.15) is 5.75 Å². The summed E-state index contributed by atoms with van der Waals surface area (Å²) < 4.78 is 11.9. The molecule has 2 aliphatic carbocycles. The van der Waals surface area contributed by atoms with Crippen LogP contribution in [0.25, 0.3) is 11.6 Å². The molecular weight excluding hydrogens is 444 g/mol. The fraction of sp³-hybridized carbons (Fsp3) is 0.207. The first kappa shape index (κ1) is 22.4. The monoisotopic (exact) mass is 470 g/mol. The highest BCUT2D eigenvalue weighted by Crippen LogP contribution is 2.54. The van der Waals surface area contributed by atoms with Crippen LogP contribution >= 0.6 is 0 Å². The minimum Gasteiger partial charge on any atom is -0.508 e. The molecule has 0 heterocycles. The fourth-order valence-corrected chi connectivity index (χ4v) is 6.20. The topological polar surface area (TPSA) is 74.6 Å². The van der Waals surface area contributed by atoms with Gasteiger partial charge in [-0.25, -0.2) is 0 Å². The minimum atomic E-state index is -1.08. The molecule has 2 N–H and O–H groups in total. The van der Waals surface area contributed by atoms with Crippen LogP contribution in [0.1, 0.15) is 34.7 Å². The van der Waals surface area contributed by atoms with Crippen molar-refractivity contribution in [2.24, 2.45) is 5.92 Å². The summed E-state index contributed by atoms with van der Waals surface area (Å²) in [6.45, 7) is 1.99. The SMILES string of the molecule is CC1=Cc2cc(O)ccc2C1(Cc1ccc(S(C)=O)cc1)C(C(=O)O)C1=CCc2ccccc21. The number of benzene rings is 3. The average Bonchev–Trinajstić information content (AvgIpc) is 3.33. The molecule has 3 atom stereocenters. The highest BCUT2D eigenvalue weighted by molar-refractivity contribution is 7.84. The van der Waals surface area contributed by atoms with Crippen molar-refractivity contribution in [1.29, 1.82) is 0 Å². The third-order valence-corrected chi connectivity index (χ3v) is 8.19. The summed E-state index contributed by atoms with van der Waals surface area (Å²) in [5, 5.41) is 20.8. The normalized spacial score (nSPS) is 20.2. The first-order valence-electron chi connectivity index (χ1n) is 11.3. The largest absolute Gasteiger partial charge is 0.508 e. The number of carboxylic acids is 1. The van der Waals surface area contributed by atoms with E-state index in [0.717, 1.165) is 43.9 Å². The molecule has 0 aromatic heterocycles. The van der Waals surface area contributed by atoms with E-state index in [9.17, 15) is 19.2 Å². The van der Waals surface area contributed by atoms with Gasteiger partial charge in [-0.1, -0.05) is 60.2 Å². The molecule has 0 aliphatic heterocycles. The van der Waals surface area contributed by atoms with Crippen LogP contribution < -0.4 is 0 Å². The van der Waals surface area contributed by atoms with Crippen molar-refractivity contribution in [3.8, 4) is 5.75 Å². The second kappa shape index (κ2) is 8.41. The molecule has 3 aromatic carbocycles. The van der Waals surface area contributed by atoms with Gasteiger partial charge >= 0.3 is 5.97 Å². The fourth-order valence-electron chi connectivity index (χ4n) is 5.68. The van der Waals surface area contributed by atoms with Crippen molar-refractivity contribution in [3.05, 3.63) is 106 Å². The van der Waals surface area contributed by atoms with Crippen molar-refractivity contribution in [2.75, 3.05) is 6.26 Å². The van der Waals surface area contributed by atoms with Gasteiger partial charge in [0, 0.05) is 27.4 Å². The smallest absolute Gasteiger partial charge is 0.312 e. The Balaban J connectivity index is 1.71. The van der Waals surface area contributed by atoms with Gasteiger partial charge in [0.25, 0.3) is 0 Å². The van der Waals surface area contributed by atoms with E-state index in [1.165, 1.54) is 0 Å². The van der Waals surface area contributed by atoms with Crippen molar-refractivity contribution in [3.63, 3.8) is 0 Å². The molecule has 34 heavy (non-hydrogen) atoms. The van der Waals surface area contributed by atoms with Gasteiger partial charge in [0.2, 0.25) is 0 Å². The highest BCUT2D eigenvalue weighted by atomic mass is 32.2. The number of rotatable bonds is 6. The van der Waals surface area contributed by atoms with E-state index in [4.69, 9.17) is 0 Å². The molecule has 0 spiro atoms. The zero-order valence-electron chi connectivity index (χ0n) is 19.1. The molecule has 172 valence electrons. The van der Waals surface area contributed by atoms with Gasteiger partial charge in [-0.05, 0) is 77.4 Å². The van der Waals surface area contributed by atoms with Crippen molar-refractivity contribution < 1.29 is 19.2 Å². The van der Waals surface area contributed by atoms with Crippen LogP contribution in [0.4, 0.5) is 0 Å². The van der Waals surface area contributed by atoms with Crippen LogP contribution in [-0.4, -0.2) is 26.6 Å². The van der Waals surface area contributed by atoms with Crippen LogP contribution in [-0.2, 0) is 33.9 Å². The lowest BCUT2D eigenvalue weighted by atomic mass is 9.61. The molecule has 0 fully saturated rings. The zero-order chi connectivity index (χ0) is 24.0. The van der Waals surface area contributed by atoms with Crippen LogP contribution in [0.15, 0.2) is 83.3 Å². The number of carboxylic acid groups (broad SMARTS) is 1. The molecule has 2 aliphatic rings. The molecule has 3 unspecified atom stereocenters. The first-order chi connectivity index (χ1) is 16.3.